The largest absolute Gasteiger partial charge is 0.490 e. The molecular weight excluding hydrogens is 220 g/mol. The van der Waals surface area contributed by atoms with Crippen molar-refractivity contribution in [3.63, 3.8) is 0 Å². The van der Waals surface area contributed by atoms with Crippen molar-refractivity contribution in [1.82, 2.24) is 0 Å². The molecule has 0 fully saturated rings. The Balaban J connectivity index is 3.31. The number of hydrogen-bond donors (Lipinski definition) is 0. The van der Waals surface area contributed by atoms with Gasteiger partial charge in [0.15, 0.2) is 11.5 Å². The quantitative estimate of drug-likeness (QED) is 0.577. The zero-order valence-electron chi connectivity index (χ0n) is 9.69. The molecule has 1 aromatic carbocycles. The summed E-state index contributed by atoms with van der Waals surface area (Å²) in [7, 11) is 0. The number of ether oxygens (including phenoxy) is 2. The van der Waals surface area contributed by atoms with Gasteiger partial charge in [0.1, 0.15) is 6.07 Å². The van der Waals surface area contributed by atoms with E-state index in [0.29, 0.717) is 24.7 Å². The highest BCUT2D eigenvalue weighted by Gasteiger charge is 2.11. The van der Waals surface area contributed by atoms with Crippen molar-refractivity contribution in [2.75, 3.05) is 13.2 Å². The normalized spacial score (nSPS) is 9.00. The minimum Gasteiger partial charge on any atom is -0.490 e. The number of carbonyl (C=O) groups excluding carboxylic acids is 1. The highest BCUT2D eigenvalue weighted by Crippen LogP contribution is 2.34. The van der Waals surface area contributed by atoms with Gasteiger partial charge in [-0.15, -0.1) is 0 Å². The molecule has 0 saturated carbocycles. The minimum atomic E-state index is 0.231. The summed E-state index contributed by atoms with van der Waals surface area (Å²) in [5, 5.41) is 8.92. The maximum Gasteiger partial charge on any atom is 0.240 e. The molecule has 0 spiro atoms. The van der Waals surface area contributed by atoms with Gasteiger partial charge < -0.3 is 9.47 Å². The smallest absolute Gasteiger partial charge is 0.240 e. The van der Waals surface area contributed by atoms with E-state index < -0.39 is 0 Å². The Bertz CT molecular complexity index is 485. The predicted octanol–water partition coefficient (Wildman–Crippen LogP) is 2.32. The first-order valence-corrected chi connectivity index (χ1v) is 5.18. The lowest BCUT2D eigenvalue weighted by Crippen LogP contribution is -1.99. The van der Waals surface area contributed by atoms with Crippen molar-refractivity contribution in [3.05, 3.63) is 17.7 Å². The molecule has 0 bridgehead atoms. The van der Waals surface area contributed by atoms with Crippen LogP contribution in [0.25, 0.3) is 0 Å². The molecule has 0 aliphatic heterocycles. The van der Waals surface area contributed by atoms with Gasteiger partial charge in [0.2, 0.25) is 6.08 Å². The van der Waals surface area contributed by atoms with Crippen LogP contribution in [0.5, 0.6) is 11.5 Å². The Kier molecular flexibility index (Phi) is 4.74. The van der Waals surface area contributed by atoms with Crippen LogP contribution in [0, 0.1) is 11.3 Å². The second kappa shape index (κ2) is 6.31. The van der Waals surface area contributed by atoms with Crippen molar-refractivity contribution >= 4 is 11.8 Å². The topological polar surface area (TPSA) is 71.7 Å². The standard InChI is InChI=1S/C12H12N2O3/c1-3-16-11-5-9(7-13)10(14-8-15)6-12(11)17-4-2/h5-6H,3-4H2,1-2H3. The molecule has 0 unspecified atom stereocenters. The SMILES string of the molecule is CCOc1cc(C#N)c(N=C=O)cc1OCC. The van der Waals surface area contributed by atoms with Crippen molar-refractivity contribution < 1.29 is 14.3 Å². The van der Waals surface area contributed by atoms with Crippen molar-refractivity contribution in [3.8, 4) is 17.6 Å². The summed E-state index contributed by atoms with van der Waals surface area (Å²) < 4.78 is 10.7. The Labute approximate surface area is 99.3 Å². The molecule has 5 heteroatoms. The highest BCUT2D eigenvalue weighted by molar-refractivity contribution is 5.64. The van der Waals surface area contributed by atoms with E-state index in [1.807, 2.05) is 19.9 Å². The second-order valence-corrected chi connectivity index (χ2v) is 3.00. The summed E-state index contributed by atoms with van der Waals surface area (Å²) in [6.45, 7) is 4.58. The van der Waals surface area contributed by atoms with Gasteiger partial charge in [-0.2, -0.15) is 10.3 Å². The van der Waals surface area contributed by atoms with Crippen molar-refractivity contribution in [2.24, 2.45) is 4.99 Å². The van der Waals surface area contributed by atoms with Gasteiger partial charge in [0.25, 0.3) is 0 Å². The predicted molar refractivity (Wildman–Crippen MR) is 61.3 cm³/mol. The van der Waals surface area contributed by atoms with Crippen molar-refractivity contribution in [1.29, 1.82) is 5.26 Å². The fraction of sp³-hybridized carbons (Fsp3) is 0.333. The van der Waals surface area contributed by atoms with Crippen LogP contribution in [0.2, 0.25) is 0 Å². The molecule has 1 rings (SSSR count). The molecule has 0 amide bonds. The number of hydrogen-bond acceptors (Lipinski definition) is 5. The van der Waals surface area contributed by atoms with Crippen LogP contribution >= 0.6 is 0 Å². The number of benzene rings is 1. The van der Waals surface area contributed by atoms with E-state index in [2.05, 4.69) is 4.99 Å². The Morgan fingerprint density at radius 3 is 2.29 bits per heavy atom. The first-order valence-electron chi connectivity index (χ1n) is 5.18. The number of nitriles is 1. The van der Waals surface area contributed by atoms with E-state index in [4.69, 9.17) is 14.7 Å². The third-order valence-corrected chi connectivity index (χ3v) is 1.95. The van der Waals surface area contributed by atoms with E-state index in [1.165, 1.54) is 18.2 Å². The van der Waals surface area contributed by atoms with Gasteiger partial charge in [-0.25, -0.2) is 4.79 Å². The lowest BCUT2D eigenvalue weighted by molar-refractivity contribution is 0.288. The summed E-state index contributed by atoms with van der Waals surface area (Å²) in [6, 6.07) is 4.94. The summed E-state index contributed by atoms with van der Waals surface area (Å²) in [6.07, 6.45) is 1.41. The molecule has 0 N–H and O–H groups in total. The lowest BCUT2D eigenvalue weighted by atomic mass is 10.1. The molecular formula is C12H12N2O3. The van der Waals surface area contributed by atoms with E-state index in [1.54, 1.807) is 0 Å². The molecule has 17 heavy (non-hydrogen) atoms. The molecule has 0 atom stereocenters. The first-order chi connectivity index (χ1) is 8.26. The second-order valence-electron chi connectivity index (χ2n) is 3.00. The third-order valence-electron chi connectivity index (χ3n) is 1.95. The number of nitrogens with zero attached hydrogens (tertiary/aromatic N) is 2. The van der Waals surface area contributed by atoms with Gasteiger partial charge in [-0.3, -0.25) is 0 Å². The van der Waals surface area contributed by atoms with Crippen molar-refractivity contribution in [2.45, 2.75) is 13.8 Å². The molecule has 0 aliphatic carbocycles. The van der Waals surface area contributed by atoms with E-state index in [9.17, 15) is 4.79 Å². The Morgan fingerprint density at radius 2 is 1.82 bits per heavy atom. The van der Waals surface area contributed by atoms with Gasteiger partial charge >= 0.3 is 0 Å². The van der Waals surface area contributed by atoms with E-state index >= 15 is 0 Å². The highest BCUT2D eigenvalue weighted by atomic mass is 16.5. The average molecular weight is 232 g/mol. The zero-order valence-corrected chi connectivity index (χ0v) is 9.69. The molecule has 0 heterocycles. The van der Waals surface area contributed by atoms with E-state index in [0.717, 1.165) is 0 Å². The van der Waals surface area contributed by atoms with Crippen LogP contribution in [0.1, 0.15) is 19.4 Å². The summed E-state index contributed by atoms with van der Waals surface area (Å²) in [5.74, 6) is 0.929. The summed E-state index contributed by atoms with van der Waals surface area (Å²) in [5.41, 5.74) is 0.481. The van der Waals surface area contributed by atoms with Crippen LogP contribution in [-0.2, 0) is 4.79 Å². The number of isocyanates is 1. The van der Waals surface area contributed by atoms with Gasteiger partial charge in [-0.05, 0) is 13.8 Å². The van der Waals surface area contributed by atoms with Crippen LogP contribution in [0.15, 0.2) is 17.1 Å². The molecule has 88 valence electrons. The monoisotopic (exact) mass is 232 g/mol. The van der Waals surface area contributed by atoms with E-state index in [-0.39, 0.29) is 11.3 Å². The minimum absolute atomic E-state index is 0.231. The Morgan fingerprint density at radius 1 is 1.24 bits per heavy atom. The molecule has 5 nitrogen and oxygen atoms in total. The molecule has 0 aromatic heterocycles. The average Bonchev–Trinajstić information content (AvgIpc) is 2.33. The van der Waals surface area contributed by atoms with Gasteiger partial charge in [0, 0.05) is 12.1 Å². The summed E-state index contributed by atoms with van der Waals surface area (Å²) in [4.78, 5) is 13.7. The maximum atomic E-state index is 10.2. The van der Waals surface area contributed by atoms with Crippen LogP contribution in [0.3, 0.4) is 0 Å². The molecule has 0 saturated heterocycles. The molecule has 0 aliphatic rings. The molecule has 0 radical (unpaired) electrons. The lowest BCUT2D eigenvalue weighted by Gasteiger charge is -2.11. The zero-order chi connectivity index (χ0) is 12.7. The fourth-order valence-electron chi connectivity index (χ4n) is 1.32. The molecule has 1 aromatic rings. The van der Waals surface area contributed by atoms with Crippen LogP contribution < -0.4 is 9.47 Å². The first kappa shape index (κ1) is 12.8. The van der Waals surface area contributed by atoms with Crippen LogP contribution in [0.4, 0.5) is 5.69 Å². The summed E-state index contributed by atoms with van der Waals surface area (Å²) >= 11 is 0. The Hall–Kier alpha value is -2.31. The third kappa shape index (κ3) is 3.07. The van der Waals surface area contributed by atoms with Gasteiger partial charge in [-0.1, -0.05) is 0 Å². The maximum absolute atomic E-state index is 10.2. The van der Waals surface area contributed by atoms with Crippen LogP contribution in [-0.4, -0.2) is 19.3 Å². The number of rotatable bonds is 5. The fourth-order valence-corrected chi connectivity index (χ4v) is 1.32. The van der Waals surface area contributed by atoms with Gasteiger partial charge in [0.05, 0.1) is 24.5 Å². The number of aliphatic imine (C=N–C) groups is 1.